The lowest BCUT2D eigenvalue weighted by Gasteiger charge is -2.19. The highest BCUT2D eigenvalue weighted by Gasteiger charge is 2.26. The highest BCUT2D eigenvalue weighted by molar-refractivity contribution is 7.89. The van der Waals surface area contributed by atoms with Crippen molar-refractivity contribution >= 4 is 33.2 Å². The van der Waals surface area contributed by atoms with E-state index in [0.29, 0.717) is 18.8 Å². The molecule has 0 radical (unpaired) electrons. The van der Waals surface area contributed by atoms with Crippen LogP contribution in [0.15, 0.2) is 17.0 Å². The van der Waals surface area contributed by atoms with Gasteiger partial charge in [0, 0.05) is 13.1 Å². The molecule has 0 heterocycles. The van der Waals surface area contributed by atoms with Crippen LogP contribution in [-0.4, -0.2) is 32.9 Å². The third-order valence-electron chi connectivity index (χ3n) is 2.55. The molecule has 0 atom stereocenters. The molecular formula is C11H15Cl2NO3S. The van der Waals surface area contributed by atoms with Crippen LogP contribution in [0.4, 0.5) is 0 Å². The van der Waals surface area contributed by atoms with E-state index in [-0.39, 0.29) is 14.9 Å². The second-order valence-electron chi connectivity index (χ2n) is 3.48. The fourth-order valence-corrected chi connectivity index (χ4v) is 3.85. The third kappa shape index (κ3) is 2.74. The first kappa shape index (κ1) is 15.6. The van der Waals surface area contributed by atoms with Gasteiger partial charge in [-0.1, -0.05) is 37.0 Å². The predicted octanol–water partition coefficient (Wildman–Crippen LogP) is 3.03. The molecule has 0 amide bonds. The van der Waals surface area contributed by atoms with E-state index in [9.17, 15) is 8.42 Å². The molecular weight excluding hydrogens is 297 g/mol. The fraction of sp³-hybridized carbons (Fsp3) is 0.455. The molecule has 18 heavy (non-hydrogen) atoms. The summed E-state index contributed by atoms with van der Waals surface area (Å²) >= 11 is 12.0. The lowest BCUT2D eigenvalue weighted by molar-refractivity contribution is 0.414. The van der Waals surface area contributed by atoms with E-state index >= 15 is 0 Å². The van der Waals surface area contributed by atoms with E-state index in [2.05, 4.69) is 0 Å². The van der Waals surface area contributed by atoms with E-state index in [1.165, 1.54) is 23.5 Å². The van der Waals surface area contributed by atoms with Crippen molar-refractivity contribution in [3.8, 4) is 5.75 Å². The van der Waals surface area contributed by atoms with Crippen molar-refractivity contribution in [2.75, 3.05) is 20.2 Å². The third-order valence-corrected chi connectivity index (χ3v) is 5.62. The van der Waals surface area contributed by atoms with Gasteiger partial charge in [-0.05, 0) is 12.1 Å². The molecule has 7 heteroatoms. The summed E-state index contributed by atoms with van der Waals surface area (Å²) in [7, 11) is -2.18. The Morgan fingerprint density at radius 3 is 2.17 bits per heavy atom. The maximum absolute atomic E-state index is 12.3. The minimum atomic E-state index is -3.62. The van der Waals surface area contributed by atoms with Crippen LogP contribution >= 0.6 is 23.2 Å². The quantitative estimate of drug-likeness (QED) is 0.839. The average molecular weight is 312 g/mol. The molecule has 1 aromatic rings. The Balaban J connectivity index is 3.39. The molecule has 0 N–H and O–H groups in total. The first-order chi connectivity index (χ1) is 8.39. The monoisotopic (exact) mass is 311 g/mol. The summed E-state index contributed by atoms with van der Waals surface area (Å²) in [4.78, 5) is -0.00123. The topological polar surface area (TPSA) is 46.6 Å². The normalized spacial score (nSPS) is 11.9. The molecule has 1 aromatic carbocycles. The van der Waals surface area contributed by atoms with E-state index in [4.69, 9.17) is 27.9 Å². The summed E-state index contributed by atoms with van der Waals surface area (Å²) in [5.74, 6) is 0.347. The van der Waals surface area contributed by atoms with Gasteiger partial charge in [0.2, 0.25) is 10.0 Å². The summed E-state index contributed by atoms with van der Waals surface area (Å²) in [6, 6.07) is 2.89. The zero-order chi connectivity index (χ0) is 13.9. The largest absolute Gasteiger partial charge is 0.495 e. The zero-order valence-electron chi connectivity index (χ0n) is 10.4. The SMILES string of the molecule is CCN(CC)S(=O)(=O)c1ccc(OC)c(Cl)c1Cl. The van der Waals surface area contributed by atoms with Crippen molar-refractivity contribution in [1.82, 2.24) is 4.31 Å². The van der Waals surface area contributed by atoms with E-state index in [0.717, 1.165) is 0 Å². The molecule has 102 valence electrons. The van der Waals surface area contributed by atoms with Gasteiger partial charge in [-0.25, -0.2) is 8.42 Å². The fourth-order valence-electron chi connectivity index (χ4n) is 1.57. The van der Waals surface area contributed by atoms with Gasteiger partial charge < -0.3 is 4.74 Å². The van der Waals surface area contributed by atoms with Crippen molar-refractivity contribution < 1.29 is 13.2 Å². The van der Waals surface area contributed by atoms with Crippen molar-refractivity contribution in [1.29, 1.82) is 0 Å². The van der Waals surface area contributed by atoms with E-state index in [1.54, 1.807) is 13.8 Å². The van der Waals surface area contributed by atoms with Crippen LogP contribution in [-0.2, 0) is 10.0 Å². The van der Waals surface area contributed by atoms with Crippen LogP contribution in [0.1, 0.15) is 13.8 Å². The molecule has 4 nitrogen and oxygen atoms in total. The van der Waals surface area contributed by atoms with E-state index in [1.807, 2.05) is 0 Å². The molecule has 0 spiro atoms. The Kier molecular flexibility index (Phi) is 5.28. The second-order valence-corrected chi connectivity index (χ2v) is 6.15. The van der Waals surface area contributed by atoms with E-state index < -0.39 is 10.0 Å². The van der Waals surface area contributed by atoms with Crippen LogP contribution in [0.25, 0.3) is 0 Å². The van der Waals surface area contributed by atoms with Crippen LogP contribution in [0.3, 0.4) is 0 Å². The molecule has 0 saturated heterocycles. The number of benzene rings is 1. The molecule has 0 aliphatic rings. The van der Waals surface area contributed by atoms with Crippen molar-refractivity contribution in [3.63, 3.8) is 0 Å². The Morgan fingerprint density at radius 1 is 1.17 bits per heavy atom. The summed E-state index contributed by atoms with van der Waals surface area (Å²) in [6.45, 7) is 4.28. The Hall–Kier alpha value is -0.490. The molecule has 1 rings (SSSR count). The van der Waals surface area contributed by atoms with Gasteiger partial charge in [0.1, 0.15) is 15.7 Å². The van der Waals surface area contributed by atoms with Crippen LogP contribution < -0.4 is 4.74 Å². The number of hydrogen-bond donors (Lipinski definition) is 0. The van der Waals surface area contributed by atoms with Gasteiger partial charge in [-0.15, -0.1) is 0 Å². The number of sulfonamides is 1. The molecule has 0 aliphatic carbocycles. The van der Waals surface area contributed by atoms with Crippen LogP contribution in [0.2, 0.25) is 10.0 Å². The summed E-state index contributed by atoms with van der Waals surface area (Å²) in [5, 5.41) is 0.0929. The molecule has 0 bridgehead atoms. The van der Waals surface area contributed by atoms with Gasteiger partial charge in [0.25, 0.3) is 0 Å². The van der Waals surface area contributed by atoms with Gasteiger partial charge in [0.05, 0.1) is 12.1 Å². The standard InChI is InChI=1S/C11H15Cl2NO3S/c1-4-14(5-2)18(15,16)9-7-6-8(17-3)10(12)11(9)13/h6-7H,4-5H2,1-3H3. The van der Waals surface area contributed by atoms with Gasteiger partial charge in [-0.3, -0.25) is 0 Å². The molecule has 0 fully saturated rings. The lowest BCUT2D eigenvalue weighted by atomic mass is 10.3. The predicted molar refractivity (Wildman–Crippen MR) is 73.1 cm³/mol. The van der Waals surface area contributed by atoms with Gasteiger partial charge in [0.15, 0.2) is 0 Å². The second kappa shape index (κ2) is 6.10. The lowest BCUT2D eigenvalue weighted by Crippen LogP contribution is -2.30. The number of rotatable bonds is 5. The smallest absolute Gasteiger partial charge is 0.244 e. The number of methoxy groups -OCH3 is 1. The molecule has 0 aliphatic heterocycles. The maximum Gasteiger partial charge on any atom is 0.244 e. The Bertz CT molecular complexity index is 527. The summed E-state index contributed by atoms with van der Waals surface area (Å²) in [5.41, 5.74) is 0. The minimum absolute atomic E-state index is 0.00123. The number of ether oxygens (including phenoxy) is 1. The minimum Gasteiger partial charge on any atom is -0.495 e. The highest BCUT2D eigenvalue weighted by atomic mass is 35.5. The zero-order valence-corrected chi connectivity index (χ0v) is 12.7. The van der Waals surface area contributed by atoms with Crippen LogP contribution in [0, 0.1) is 0 Å². The number of nitrogens with zero attached hydrogens (tertiary/aromatic N) is 1. The van der Waals surface area contributed by atoms with Crippen molar-refractivity contribution in [3.05, 3.63) is 22.2 Å². The first-order valence-electron chi connectivity index (χ1n) is 5.42. The highest BCUT2D eigenvalue weighted by Crippen LogP contribution is 2.37. The molecule has 0 aromatic heterocycles. The Morgan fingerprint density at radius 2 is 1.72 bits per heavy atom. The van der Waals surface area contributed by atoms with Gasteiger partial charge >= 0.3 is 0 Å². The Labute approximate surface area is 117 Å². The van der Waals surface area contributed by atoms with Crippen molar-refractivity contribution in [2.24, 2.45) is 0 Å². The summed E-state index contributed by atoms with van der Waals surface area (Å²) < 4.78 is 30.9. The number of hydrogen-bond acceptors (Lipinski definition) is 3. The molecule has 0 saturated carbocycles. The molecule has 0 unspecified atom stereocenters. The first-order valence-corrected chi connectivity index (χ1v) is 7.61. The van der Waals surface area contributed by atoms with Crippen LogP contribution in [0.5, 0.6) is 5.75 Å². The maximum atomic E-state index is 12.3. The summed E-state index contributed by atoms with van der Waals surface area (Å²) in [6.07, 6.45) is 0. The van der Waals surface area contributed by atoms with Gasteiger partial charge in [-0.2, -0.15) is 4.31 Å². The number of halogens is 2. The van der Waals surface area contributed by atoms with Crippen molar-refractivity contribution in [2.45, 2.75) is 18.7 Å². The average Bonchev–Trinajstić information content (AvgIpc) is 2.33.